The Kier molecular flexibility index (Phi) is 3.30. The normalized spacial score (nSPS) is 12.8. The molecule has 20 heavy (non-hydrogen) atoms. The van der Waals surface area contributed by atoms with Crippen LogP contribution in [0.3, 0.4) is 0 Å². The van der Waals surface area contributed by atoms with E-state index in [1.807, 2.05) is 6.07 Å². The summed E-state index contributed by atoms with van der Waals surface area (Å²) < 4.78 is 12.8. The predicted molar refractivity (Wildman–Crippen MR) is 77.3 cm³/mol. The summed E-state index contributed by atoms with van der Waals surface area (Å²) in [7, 11) is 0. The highest BCUT2D eigenvalue weighted by Crippen LogP contribution is 2.29. The van der Waals surface area contributed by atoms with Crippen molar-refractivity contribution in [2.75, 3.05) is 11.9 Å². The largest absolute Gasteiger partial charge is 0.507 e. The first kappa shape index (κ1) is 12.6. The maximum atomic E-state index is 12.8. The van der Waals surface area contributed by atoms with Gasteiger partial charge < -0.3 is 10.4 Å². The highest BCUT2D eigenvalue weighted by atomic mass is 19.1. The summed E-state index contributed by atoms with van der Waals surface area (Å²) in [4.78, 5) is 0. The standard InChI is InChI=1S/C17H14FNO/c18-15-7-4-12(5-8-15)3-6-14-10-13-2-1-9-19-16(13)11-17(14)20/h4-5,7-8,10-11,19-20H,1-2,9H2. The first-order valence-corrected chi connectivity index (χ1v) is 6.60. The van der Waals surface area contributed by atoms with Gasteiger partial charge in [-0.2, -0.15) is 0 Å². The zero-order valence-corrected chi connectivity index (χ0v) is 10.9. The number of rotatable bonds is 0. The molecule has 1 aliphatic rings. The van der Waals surface area contributed by atoms with Crippen LogP contribution in [0.25, 0.3) is 0 Å². The first-order valence-electron chi connectivity index (χ1n) is 6.60. The van der Waals surface area contributed by atoms with Gasteiger partial charge in [0.15, 0.2) is 0 Å². The van der Waals surface area contributed by atoms with Crippen molar-refractivity contribution in [2.45, 2.75) is 12.8 Å². The molecule has 0 saturated heterocycles. The van der Waals surface area contributed by atoms with E-state index in [0.29, 0.717) is 5.56 Å². The van der Waals surface area contributed by atoms with E-state index in [0.717, 1.165) is 30.6 Å². The van der Waals surface area contributed by atoms with Crippen molar-refractivity contribution >= 4 is 5.69 Å². The van der Waals surface area contributed by atoms with E-state index < -0.39 is 0 Å². The number of aryl methyl sites for hydroxylation is 1. The summed E-state index contributed by atoms with van der Waals surface area (Å²) >= 11 is 0. The van der Waals surface area contributed by atoms with Gasteiger partial charge in [-0.15, -0.1) is 0 Å². The quantitative estimate of drug-likeness (QED) is 0.718. The molecule has 0 unspecified atom stereocenters. The van der Waals surface area contributed by atoms with Crippen LogP contribution in [0.15, 0.2) is 36.4 Å². The van der Waals surface area contributed by atoms with E-state index in [-0.39, 0.29) is 11.6 Å². The molecule has 2 aromatic rings. The summed E-state index contributed by atoms with van der Waals surface area (Å²) in [6.07, 6.45) is 2.08. The first-order chi connectivity index (χ1) is 9.72. The molecule has 0 aliphatic carbocycles. The number of hydrogen-bond acceptors (Lipinski definition) is 2. The topological polar surface area (TPSA) is 32.3 Å². The second-order valence-electron chi connectivity index (χ2n) is 4.81. The van der Waals surface area contributed by atoms with E-state index in [4.69, 9.17) is 0 Å². The lowest BCUT2D eigenvalue weighted by molar-refractivity contribution is 0.473. The summed E-state index contributed by atoms with van der Waals surface area (Å²) in [5, 5.41) is 13.2. The molecule has 2 N–H and O–H groups in total. The van der Waals surface area contributed by atoms with E-state index in [9.17, 15) is 9.50 Å². The molecular weight excluding hydrogens is 253 g/mol. The van der Waals surface area contributed by atoms with Gasteiger partial charge in [0.05, 0.1) is 5.56 Å². The number of nitrogens with one attached hydrogen (secondary N) is 1. The van der Waals surface area contributed by atoms with Gasteiger partial charge >= 0.3 is 0 Å². The highest BCUT2D eigenvalue weighted by molar-refractivity contribution is 5.63. The van der Waals surface area contributed by atoms with E-state index in [1.54, 1.807) is 18.2 Å². The van der Waals surface area contributed by atoms with Gasteiger partial charge in [0, 0.05) is 23.9 Å². The lowest BCUT2D eigenvalue weighted by Gasteiger charge is -2.18. The molecule has 100 valence electrons. The predicted octanol–water partition coefficient (Wildman–Crippen LogP) is 3.29. The number of fused-ring (bicyclic) bond motifs is 1. The zero-order valence-electron chi connectivity index (χ0n) is 10.9. The number of anilines is 1. The molecule has 3 rings (SSSR count). The summed E-state index contributed by atoms with van der Waals surface area (Å²) in [6.45, 7) is 0.938. The Bertz CT molecular complexity index is 695. The smallest absolute Gasteiger partial charge is 0.133 e. The minimum Gasteiger partial charge on any atom is -0.507 e. The Balaban J connectivity index is 1.93. The minimum absolute atomic E-state index is 0.174. The molecule has 1 aliphatic heterocycles. The molecule has 1 heterocycles. The fourth-order valence-electron chi connectivity index (χ4n) is 2.28. The molecule has 3 heteroatoms. The average Bonchev–Trinajstić information content (AvgIpc) is 2.47. The Labute approximate surface area is 117 Å². The maximum Gasteiger partial charge on any atom is 0.133 e. The third-order valence-corrected chi connectivity index (χ3v) is 3.35. The van der Waals surface area contributed by atoms with E-state index >= 15 is 0 Å². The molecule has 0 atom stereocenters. The minimum atomic E-state index is -0.279. The average molecular weight is 267 g/mol. The van der Waals surface area contributed by atoms with Gasteiger partial charge in [-0.1, -0.05) is 11.8 Å². The number of hydrogen-bond donors (Lipinski definition) is 2. The van der Waals surface area contributed by atoms with Crippen LogP contribution < -0.4 is 5.32 Å². The van der Waals surface area contributed by atoms with Crippen molar-refractivity contribution in [3.63, 3.8) is 0 Å². The van der Waals surface area contributed by atoms with Crippen LogP contribution in [0.1, 0.15) is 23.1 Å². The van der Waals surface area contributed by atoms with Crippen molar-refractivity contribution in [1.82, 2.24) is 0 Å². The SMILES string of the molecule is Oc1cc2c(cc1C#Cc1ccc(F)cc1)CCCN2. The molecule has 0 spiro atoms. The van der Waals surface area contributed by atoms with Crippen LogP contribution in [-0.4, -0.2) is 11.7 Å². The third kappa shape index (κ3) is 2.60. The molecular formula is C17H14FNO. The van der Waals surface area contributed by atoms with Crippen LogP contribution in [0.5, 0.6) is 5.75 Å². The Morgan fingerprint density at radius 1 is 1.10 bits per heavy atom. The van der Waals surface area contributed by atoms with Gasteiger partial charge in [-0.3, -0.25) is 0 Å². The van der Waals surface area contributed by atoms with Crippen molar-refractivity contribution < 1.29 is 9.50 Å². The van der Waals surface area contributed by atoms with Crippen LogP contribution in [0.2, 0.25) is 0 Å². The molecule has 0 amide bonds. The second kappa shape index (κ2) is 5.26. The van der Waals surface area contributed by atoms with Crippen LogP contribution >= 0.6 is 0 Å². The lowest BCUT2D eigenvalue weighted by atomic mass is 10.00. The van der Waals surface area contributed by atoms with Crippen molar-refractivity contribution in [1.29, 1.82) is 0 Å². The molecule has 0 fully saturated rings. The third-order valence-electron chi connectivity index (χ3n) is 3.35. The summed E-state index contributed by atoms with van der Waals surface area (Å²) in [5.74, 6) is 5.78. The van der Waals surface area contributed by atoms with Crippen LogP contribution in [0, 0.1) is 17.7 Å². The Morgan fingerprint density at radius 3 is 2.70 bits per heavy atom. The fourth-order valence-corrected chi connectivity index (χ4v) is 2.28. The van der Waals surface area contributed by atoms with Crippen molar-refractivity contribution in [2.24, 2.45) is 0 Å². The number of halogens is 1. The number of benzene rings is 2. The fraction of sp³-hybridized carbons (Fsp3) is 0.176. The number of phenolic OH excluding ortho intramolecular Hbond substituents is 1. The molecule has 2 aromatic carbocycles. The van der Waals surface area contributed by atoms with Gasteiger partial charge in [-0.05, 0) is 48.7 Å². The van der Waals surface area contributed by atoms with E-state index in [2.05, 4.69) is 17.2 Å². The summed E-state index contributed by atoms with van der Waals surface area (Å²) in [5.41, 5.74) is 3.50. The van der Waals surface area contributed by atoms with Gasteiger partial charge in [-0.25, -0.2) is 4.39 Å². The monoisotopic (exact) mass is 267 g/mol. The van der Waals surface area contributed by atoms with Crippen molar-refractivity contribution in [3.05, 3.63) is 58.9 Å². The maximum absolute atomic E-state index is 12.8. The molecule has 0 aromatic heterocycles. The van der Waals surface area contributed by atoms with Crippen LogP contribution in [0.4, 0.5) is 10.1 Å². The molecule has 2 nitrogen and oxygen atoms in total. The van der Waals surface area contributed by atoms with Crippen molar-refractivity contribution in [3.8, 4) is 17.6 Å². The Morgan fingerprint density at radius 2 is 1.90 bits per heavy atom. The second-order valence-corrected chi connectivity index (χ2v) is 4.81. The van der Waals surface area contributed by atoms with Gasteiger partial charge in [0.25, 0.3) is 0 Å². The summed E-state index contributed by atoms with van der Waals surface area (Å²) in [6, 6.07) is 9.65. The lowest BCUT2D eigenvalue weighted by Crippen LogP contribution is -2.11. The molecule has 0 saturated carbocycles. The zero-order chi connectivity index (χ0) is 13.9. The van der Waals surface area contributed by atoms with E-state index in [1.165, 1.54) is 17.7 Å². The molecule has 0 radical (unpaired) electrons. The number of aromatic hydroxyl groups is 1. The van der Waals surface area contributed by atoms with Crippen LogP contribution in [-0.2, 0) is 6.42 Å². The molecule has 0 bridgehead atoms. The number of phenols is 1. The highest BCUT2D eigenvalue weighted by Gasteiger charge is 2.11. The van der Waals surface area contributed by atoms with Gasteiger partial charge in [0.2, 0.25) is 0 Å². The van der Waals surface area contributed by atoms with Gasteiger partial charge in [0.1, 0.15) is 11.6 Å². The Hall–Kier alpha value is -2.47.